The molecule has 1 aromatic carbocycles. The molecule has 1 saturated carbocycles. The summed E-state index contributed by atoms with van der Waals surface area (Å²) in [6.07, 6.45) is 4.02. The van der Waals surface area contributed by atoms with Gasteiger partial charge in [0, 0.05) is 10.0 Å². The largest absolute Gasteiger partial charge is 0.481 e. The van der Waals surface area contributed by atoms with E-state index in [9.17, 15) is 9.90 Å². The van der Waals surface area contributed by atoms with Crippen LogP contribution in [0.2, 0.25) is 10.0 Å². The first-order valence-corrected chi connectivity index (χ1v) is 7.40. The third-order valence-electron chi connectivity index (χ3n) is 4.29. The Morgan fingerprint density at radius 3 is 2.74 bits per heavy atom. The average Bonchev–Trinajstić information content (AvgIpc) is 2.78. The Morgan fingerprint density at radius 1 is 1.47 bits per heavy atom. The fourth-order valence-corrected chi connectivity index (χ4v) is 3.52. The van der Waals surface area contributed by atoms with Crippen molar-refractivity contribution in [3.63, 3.8) is 0 Å². The van der Waals surface area contributed by atoms with Crippen LogP contribution in [0.4, 0.5) is 0 Å². The van der Waals surface area contributed by atoms with Crippen molar-refractivity contribution in [3.8, 4) is 0 Å². The van der Waals surface area contributed by atoms with Crippen molar-refractivity contribution in [2.75, 3.05) is 0 Å². The number of aliphatic carboxylic acids is 1. The van der Waals surface area contributed by atoms with Gasteiger partial charge < -0.3 is 5.11 Å². The minimum absolute atomic E-state index is 0.495. The topological polar surface area (TPSA) is 37.3 Å². The van der Waals surface area contributed by atoms with Gasteiger partial charge in [-0.2, -0.15) is 0 Å². The standard InChI is InChI=1S/C15H18Cl2O2/c1-2-10-5-6-15(8-10,14(18)19)9-11-3-4-12(16)7-13(11)17/h3-4,7,10H,2,5-6,8-9H2,1H3,(H,18,19). The second-order valence-corrected chi connectivity index (χ2v) is 6.36. The number of hydrogen-bond donors (Lipinski definition) is 1. The molecule has 0 radical (unpaired) electrons. The molecule has 0 bridgehead atoms. The van der Waals surface area contributed by atoms with Crippen LogP contribution in [0.25, 0.3) is 0 Å². The molecule has 2 rings (SSSR count). The number of benzene rings is 1. The van der Waals surface area contributed by atoms with Gasteiger partial charge in [0.2, 0.25) is 0 Å². The molecule has 0 heterocycles. The highest BCUT2D eigenvalue weighted by molar-refractivity contribution is 6.35. The van der Waals surface area contributed by atoms with Crippen molar-refractivity contribution < 1.29 is 9.90 Å². The van der Waals surface area contributed by atoms with Crippen LogP contribution in [0.5, 0.6) is 0 Å². The van der Waals surface area contributed by atoms with Crippen LogP contribution in [0.1, 0.15) is 38.2 Å². The first-order chi connectivity index (χ1) is 8.97. The highest BCUT2D eigenvalue weighted by Gasteiger charge is 2.45. The lowest BCUT2D eigenvalue weighted by atomic mass is 9.79. The molecule has 4 heteroatoms. The van der Waals surface area contributed by atoms with E-state index in [1.165, 1.54) is 0 Å². The van der Waals surface area contributed by atoms with Gasteiger partial charge in [-0.1, -0.05) is 42.6 Å². The van der Waals surface area contributed by atoms with Crippen molar-refractivity contribution in [2.24, 2.45) is 11.3 Å². The fraction of sp³-hybridized carbons (Fsp3) is 0.533. The van der Waals surface area contributed by atoms with Crippen LogP contribution in [0, 0.1) is 11.3 Å². The monoisotopic (exact) mass is 300 g/mol. The van der Waals surface area contributed by atoms with E-state index in [4.69, 9.17) is 23.2 Å². The van der Waals surface area contributed by atoms with Crippen molar-refractivity contribution in [3.05, 3.63) is 33.8 Å². The van der Waals surface area contributed by atoms with Gasteiger partial charge in [-0.3, -0.25) is 4.79 Å². The average molecular weight is 301 g/mol. The van der Waals surface area contributed by atoms with Crippen molar-refractivity contribution in [1.82, 2.24) is 0 Å². The Balaban J connectivity index is 2.25. The highest BCUT2D eigenvalue weighted by atomic mass is 35.5. The fourth-order valence-electron chi connectivity index (χ4n) is 3.05. The normalized spacial score (nSPS) is 26.6. The highest BCUT2D eigenvalue weighted by Crippen LogP contribution is 2.46. The number of carboxylic acids is 1. The number of carbonyl (C=O) groups is 1. The van der Waals surface area contributed by atoms with Gasteiger partial charge in [-0.05, 0) is 49.3 Å². The molecule has 0 aliphatic heterocycles. The molecule has 0 saturated heterocycles. The molecule has 0 aromatic heterocycles. The maximum atomic E-state index is 11.7. The SMILES string of the molecule is CCC1CCC(Cc2ccc(Cl)cc2Cl)(C(=O)O)C1. The summed E-state index contributed by atoms with van der Waals surface area (Å²) in [4.78, 5) is 11.7. The van der Waals surface area contributed by atoms with Crippen LogP contribution < -0.4 is 0 Å². The maximum absolute atomic E-state index is 11.7. The summed E-state index contributed by atoms with van der Waals surface area (Å²) in [6.45, 7) is 2.12. The molecule has 2 atom stereocenters. The zero-order chi connectivity index (χ0) is 14.0. The third kappa shape index (κ3) is 3.06. The third-order valence-corrected chi connectivity index (χ3v) is 4.87. The summed E-state index contributed by atoms with van der Waals surface area (Å²) < 4.78 is 0. The Bertz CT molecular complexity index is 487. The van der Waals surface area contributed by atoms with E-state index in [-0.39, 0.29) is 0 Å². The van der Waals surface area contributed by atoms with Gasteiger partial charge in [-0.25, -0.2) is 0 Å². The van der Waals surface area contributed by atoms with E-state index in [1.807, 2.05) is 6.07 Å². The van der Waals surface area contributed by atoms with Gasteiger partial charge in [0.05, 0.1) is 5.41 Å². The molecule has 2 unspecified atom stereocenters. The summed E-state index contributed by atoms with van der Waals surface area (Å²) in [5.41, 5.74) is 0.225. The Kier molecular flexibility index (Phi) is 4.42. The minimum Gasteiger partial charge on any atom is -0.481 e. The molecule has 1 aliphatic carbocycles. The van der Waals surface area contributed by atoms with Crippen molar-refractivity contribution in [1.29, 1.82) is 0 Å². The summed E-state index contributed by atoms with van der Waals surface area (Å²) in [5, 5.41) is 10.8. The zero-order valence-electron chi connectivity index (χ0n) is 11.0. The molecule has 1 N–H and O–H groups in total. The van der Waals surface area contributed by atoms with Gasteiger partial charge in [0.15, 0.2) is 0 Å². The van der Waals surface area contributed by atoms with Crippen LogP contribution in [-0.4, -0.2) is 11.1 Å². The number of halogens is 2. The number of carboxylic acid groups (broad SMARTS) is 1. The summed E-state index contributed by atoms with van der Waals surface area (Å²) in [7, 11) is 0. The van der Waals surface area contributed by atoms with Gasteiger partial charge >= 0.3 is 5.97 Å². The lowest BCUT2D eigenvalue weighted by Crippen LogP contribution is -2.30. The predicted molar refractivity (Wildman–Crippen MR) is 77.9 cm³/mol. The minimum atomic E-state index is -0.700. The molecule has 0 amide bonds. The van der Waals surface area contributed by atoms with Crippen LogP contribution in [-0.2, 0) is 11.2 Å². The van der Waals surface area contributed by atoms with Crippen LogP contribution >= 0.6 is 23.2 Å². The van der Waals surface area contributed by atoms with E-state index < -0.39 is 11.4 Å². The zero-order valence-corrected chi connectivity index (χ0v) is 12.5. The van der Waals surface area contributed by atoms with E-state index in [0.29, 0.717) is 22.4 Å². The second-order valence-electron chi connectivity index (χ2n) is 5.52. The molecule has 2 nitrogen and oxygen atoms in total. The number of rotatable bonds is 4. The van der Waals surface area contributed by atoms with E-state index >= 15 is 0 Å². The Morgan fingerprint density at radius 2 is 2.21 bits per heavy atom. The summed E-state index contributed by atoms with van der Waals surface area (Å²) in [5.74, 6) is -0.184. The van der Waals surface area contributed by atoms with E-state index in [2.05, 4.69) is 6.92 Å². The lowest BCUT2D eigenvalue weighted by molar-refractivity contribution is -0.148. The molecule has 1 fully saturated rings. The quantitative estimate of drug-likeness (QED) is 0.866. The summed E-state index contributed by atoms with van der Waals surface area (Å²) >= 11 is 12.0. The lowest BCUT2D eigenvalue weighted by Gasteiger charge is -2.25. The van der Waals surface area contributed by atoms with Crippen molar-refractivity contribution >= 4 is 29.2 Å². The van der Waals surface area contributed by atoms with Crippen LogP contribution in [0.3, 0.4) is 0 Å². The molecule has 1 aromatic rings. The Labute approximate surface area is 123 Å². The second kappa shape index (κ2) is 5.72. The molecule has 19 heavy (non-hydrogen) atoms. The molecular formula is C15H18Cl2O2. The van der Waals surface area contributed by atoms with Crippen LogP contribution in [0.15, 0.2) is 18.2 Å². The summed E-state index contributed by atoms with van der Waals surface area (Å²) in [6, 6.07) is 5.29. The molecule has 0 spiro atoms. The van der Waals surface area contributed by atoms with Gasteiger partial charge in [-0.15, -0.1) is 0 Å². The first-order valence-electron chi connectivity index (χ1n) is 6.64. The molecule has 104 valence electrons. The van der Waals surface area contributed by atoms with Crippen molar-refractivity contribution in [2.45, 2.75) is 39.0 Å². The predicted octanol–water partition coefficient (Wildman–Crippen LogP) is 4.82. The van der Waals surface area contributed by atoms with E-state index in [1.54, 1.807) is 12.1 Å². The Hall–Kier alpha value is -0.730. The molecule has 1 aliphatic rings. The van der Waals surface area contributed by atoms with E-state index in [0.717, 1.165) is 31.2 Å². The smallest absolute Gasteiger partial charge is 0.309 e. The maximum Gasteiger partial charge on any atom is 0.309 e. The van der Waals surface area contributed by atoms with Gasteiger partial charge in [0.1, 0.15) is 0 Å². The molecular weight excluding hydrogens is 283 g/mol. The van der Waals surface area contributed by atoms with Gasteiger partial charge in [0.25, 0.3) is 0 Å². The number of hydrogen-bond acceptors (Lipinski definition) is 1. The first kappa shape index (κ1) is 14.7.